The second-order valence-electron chi connectivity index (χ2n) is 3.20. The molecular weight excluding hydrogens is 116 g/mol. The third-order valence-corrected chi connectivity index (χ3v) is 2.31. The van der Waals surface area contributed by atoms with E-state index in [2.05, 4.69) is 0 Å². The smallest absolute Gasteiger partial charge is 0.237 e. The molecule has 1 saturated carbocycles. The Morgan fingerprint density at radius 1 is 1.56 bits per heavy atom. The van der Waals surface area contributed by atoms with Gasteiger partial charge in [-0.2, -0.15) is 0 Å². The lowest BCUT2D eigenvalue weighted by molar-refractivity contribution is -0.127. The summed E-state index contributed by atoms with van der Waals surface area (Å²) in [4.78, 5) is 10.8. The van der Waals surface area contributed by atoms with Crippen LogP contribution in [-0.4, -0.2) is 17.5 Å². The van der Waals surface area contributed by atoms with Gasteiger partial charge in [-0.15, -0.1) is 0 Å². The quantitative estimate of drug-likeness (QED) is 0.363. The number of amides is 1. The Morgan fingerprint density at radius 3 is 2.44 bits per heavy atom. The van der Waals surface area contributed by atoms with E-state index in [4.69, 9.17) is 5.84 Å². The molecule has 1 amide bonds. The van der Waals surface area contributed by atoms with Crippen LogP contribution in [0.25, 0.3) is 0 Å². The van der Waals surface area contributed by atoms with Gasteiger partial charge in [0.05, 0.1) is 0 Å². The largest absolute Gasteiger partial charge is 0.280 e. The predicted octanol–water partition coefficient (Wildman–Crippen LogP) is -0.127. The van der Waals surface area contributed by atoms with Crippen molar-refractivity contribution in [1.82, 2.24) is 5.01 Å². The number of hydrazine groups is 1. The number of hydrogen-bond acceptors (Lipinski definition) is 2. The Balaban J connectivity index is 2.14. The fourth-order valence-electron chi connectivity index (χ4n) is 1.44. The van der Waals surface area contributed by atoms with Crippen LogP contribution in [0.1, 0.15) is 19.3 Å². The zero-order chi connectivity index (χ0) is 6.48. The van der Waals surface area contributed by atoms with Crippen molar-refractivity contribution in [3.63, 3.8) is 0 Å². The Labute approximate surface area is 53.8 Å². The molecule has 0 aromatic carbocycles. The maximum Gasteiger partial charge on any atom is 0.237 e. The molecular formula is C6H10N2O. The van der Waals surface area contributed by atoms with Crippen LogP contribution >= 0.6 is 0 Å². The maximum absolute atomic E-state index is 10.8. The summed E-state index contributed by atoms with van der Waals surface area (Å²) < 4.78 is 0. The summed E-state index contributed by atoms with van der Waals surface area (Å²) >= 11 is 0. The minimum Gasteiger partial charge on any atom is -0.280 e. The minimum absolute atomic E-state index is 0.118. The normalized spacial score (nSPS) is 29.9. The zero-order valence-corrected chi connectivity index (χ0v) is 5.26. The molecule has 0 aromatic rings. The van der Waals surface area contributed by atoms with Crippen LogP contribution in [0.5, 0.6) is 0 Å². The third-order valence-electron chi connectivity index (χ3n) is 2.31. The Hall–Kier alpha value is -0.570. The summed E-state index contributed by atoms with van der Waals surface area (Å²) in [6.45, 7) is 0.797. The van der Waals surface area contributed by atoms with Gasteiger partial charge < -0.3 is 0 Å². The van der Waals surface area contributed by atoms with E-state index in [1.807, 2.05) is 0 Å². The van der Waals surface area contributed by atoms with E-state index in [1.165, 1.54) is 17.9 Å². The van der Waals surface area contributed by atoms with Gasteiger partial charge in [0.1, 0.15) is 0 Å². The lowest BCUT2D eigenvalue weighted by Gasteiger charge is -2.05. The molecule has 2 fully saturated rings. The van der Waals surface area contributed by atoms with Crippen LogP contribution in [0.3, 0.4) is 0 Å². The molecule has 50 valence electrons. The number of nitrogens with zero attached hydrogens (tertiary/aromatic N) is 1. The molecule has 2 aliphatic rings. The summed E-state index contributed by atoms with van der Waals surface area (Å²) in [5.74, 6) is 5.50. The molecule has 0 radical (unpaired) electrons. The van der Waals surface area contributed by atoms with Crippen LogP contribution in [0.2, 0.25) is 0 Å². The molecule has 9 heavy (non-hydrogen) atoms. The van der Waals surface area contributed by atoms with E-state index in [1.54, 1.807) is 0 Å². The fourth-order valence-corrected chi connectivity index (χ4v) is 1.44. The number of carbonyl (C=O) groups excluding carboxylic acids is 1. The van der Waals surface area contributed by atoms with Crippen molar-refractivity contribution in [3.05, 3.63) is 0 Å². The lowest BCUT2D eigenvalue weighted by atomic mass is 10.1. The van der Waals surface area contributed by atoms with Gasteiger partial charge in [-0.05, 0) is 18.3 Å². The van der Waals surface area contributed by atoms with Gasteiger partial charge in [0.2, 0.25) is 5.91 Å². The molecule has 3 nitrogen and oxygen atoms in total. The van der Waals surface area contributed by atoms with Crippen LogP contribution in [0.15, 0.2) is 0 Å². The van der Waals surface area contributed by atoms with Gasteiger partial charge in [-0.3, -0.25) is 9.80 Å². The first-order valence-corrected chi connectivity index (χ1v) is 3.27. The molecule has 1 saturated heterocycles. The van der Waals surface area contributed by atoms with Crippen LogP contribution in [0.4, 0.5) is 0 Å². The van der Waals surface area contributed by atoms with Crippen LogP contribution < -0.4 is 5.84 Å². The summed E-state index contributed by atoms with van der Waals surface area (Å²) in [5, 5.41) is 1.35. The van der Waals surface area contributed by atoms with Crippen LogP contribution in [-0.2, 0) is 4.79 Å². The predicted molar refractivity (Wildman–Crippen MR) is 32.2 cm³/mol. The SMILES string of the molecule is NN1CC2(CC2)CC1=O. The average molecular weight is 126 g/mol. The summed E-state index contributed by atoms with van der Waals surface area (Å²) in [7, 11) is 0. The first kappa shape index (κ1) is 5.23. The van der Waals surface area contributed by atoms with E-state index in [0.29, 0.717) is 11.8 Å². The van der Waals surface area contributed by atoms with Crippen molar-refractivity contribution in [1.29, 1.82) is 0 Å². The standard InChI is InChI=1S/C6H10N2O/c7-8-4-6(1-2-6)3-5(8)9/h1-4,7H2. The molecule has 1 spiro atoms. The summed E-state index contributed by atoms with van der Waals surface area (Å²) in [5.41, 5.74) is 0.339. The highest BCUT2D eigenvalue weighted by molar-refractivity contribution is 5.79. The maximum atomic E-state index is 10.8. The van der Waals surface area contributed by atoms with Crippen molar-refractivity contribution in [2.24, 2.45) is 11.3 Å². The van der Waals surface area contributed by atoms with Crippen molar-refractivity contribution >= 4 is 5.91 Å². The van der Waals surface area contributed by atoms with Crippen molar-refractivity contribution in [2.75, 3.05) is 6.54 Å². The van der Waals surface area contributed by atoms with Gasteiger partial charge >= 0.3 is 0 Å². The molecule has 0 aromatic heterocycles. The molecule has 2 rings (SSSR count). The van der Waals surface area contributed by atoms with Gasteiger partial charge in [-0.25, -0.2) is 5.84 Å². The number of rotatable bonds is 0. The summed E-state index contributed by atoms with van der Waals surface area (Å²) in [6.07, 6.45) is 3.10. The van der Waals surface area contributed by atoms with Gasteiger partial charge in [-0.1, -0.05) is 0 Å². The fraction of sp³-hybridized carbons (Fsp3) is 0.833. The van der Waals surface area contributed by atoms with Gasteiger partial charge in [0, 0.05) is 13.0 Å². The van der Waals surface area contributed by atoms with E-state index in [9.17, 15) is 4.79 Å². The molecule has 2 N–H and O–H groups in total. The highest BCUT2D eigenvalue weighted by Crippen LogP contribution is 2.52. The second-order valence-corrected chi connectivity index (χ2v) is 3.20. The monoisotopic (exact) mass is 126 g/mol. The van der Waals surface area contributed by atoms with E-state index in [0.717, 1.165) is 6.54 Å². The zero-order valence-electron chi connectivity index (χ0n) is 5.26. The molecule has 1 aliphatic carbocycles. The van der Waals surface area contributed by atoms with E-state index in [-0.39, 0.29) is 5.91 Å². The Morgan fingerprint density at radius 2 is 2.22 bits per heavy atom. The number of carbonyl (C=O) groups is 1. The Kier molecular flexibility index (Phi) is 0.750. The second kappa shape index (κ2) is 1.29. The van der Waals surface area contributed by atoms with Crippen molar-refractivity contribution < 1.29 is 4.79 Å². The molecule has 3 heteroatoms. The van der Waals surface area contributed by atoms with Crippen LogP contribution in [0, 0.1) is 5.41 Å². The van der Waals surface area contributed by atoms with Crippen molar-refractivity contribution in [3.8, 4) is 0 Å². The topological polar surface area (TPSA) is 46.3 Å². The molecule has 1 heterocycles. The average Bonchev–Trinajstić information content (AvgIpc) is 2.42. The van der Waals surface area contributed by atoms with E-state index < -0.39 is 0 Å². The van der Waals surface area contributed by atoms with Gasteiger partial charge in [0.25, 0.3) is 0 Å². The molecule has 1 aliphatic heterocycles. The van der Waals surface area contributed by atoms with Gasteiger partial charge in [0.15, 0.2) is 0 Å². The Bertz CT molecular complexity index is 162. The first-order chi connectivity index (χ1) is 4.22. The minimum atomic E-state index is 0.118. The highest BCUT2D eigenvalue weighted by atomic mass is 16.2. The summed E-state index contributed by atoms with van der Waals surface area (Å²) in [6, 6.07) is 0. The highest BCUT2D eigenvalue weighted by Gasteiger charge is 2.50. The lowest BCUT2D eigenvalue weighted by Crippen LogP contribution is -2.32. The first-order valence-electron chi connectivity index (χ1n) is 3.27. The molecule has 0 bridgehead atoms. The van der Waals surface area contributed by atoms with E-state index >= 15 is 0 Å². The van der Waals surface area contributed by atoms with Crippen molar-refractivity contribution in [2.45, 2.75) is 19.3 Å². The molecule has 0 atom stereocenters. The number of nitrogens with two attached hydrogens (primary N) is 1. The third kappa shape index (κ3) is 0.645. The number of hydrogen-bond donors (Lipinski definition) is 1. The molecule has 0 unspecified atom stereocenters.